The number of nitrogens with one attached hydrogen (secondary N) is 1. The molecule has 0 atom stereocenters. The van der Waals surface area contributed by atoms with Crippen molar-refractivity contribution < 1.29 is 27.5 Å². The molecule has 5 rings (SSSR count). The van der Waals surface area contributed by atoms with Crippen molar-refractivity contribution in [2.75, 3.05) is 13.8 Å². The van der Waals surface area contributed by atoms with Crippen molar-refractivity contribution in [1.82, 2.24) is 10.2 Å². The summed E-state index contributed by atoms with van der Waals surface area (Å²) in [4.78, 5) is 27.2. The van der Waals surface area contributed by atoms with Gasteiger partial charge in [0.05, 0.1) is 11.1 Å². The van der Waals surface area contributed by atoms with Crippen molar-refractivity contribution in [3.63, 3.8) is 0 Å². The van der Waals surface area contributed by atoms with Gasteiger partial charge in [-0.25, -0.2) is 8.78 Å². The maximum Gasteiger partial charge on any atom is 0.259 e. The summed E-state index contributed by atoms with van der Waals surface area (Å²) in [6, 6.07) is 17.2. The molecule has 40 heavy (non-hydrogen) atoms. The normalized spacial score (nSPS) is 15.1. The highest BCUT2D eigenvalue weighted by Gasteiger charge is 2.27. The van der Waals surface area contributed by atoms with E-state index >= 15 is 0 Å². The fourth-order valence-electron chi connectivity index (χ4n) is 4.46. The fraction of sp³-hybridized carbons (Fsp3) is 0.125. The highest BCUT2D eigenvalue weighted by atomic mass is 19.1. The summed E-state index contributed by atoms with van der Waals surface area (Å²) in [6.45, 7) is 6.11. The lowest BCUT2D eigenvalue weighted by atomic mass is 10.0. The Bertz CT molecular complexity index is 1680. The monoisotopic (exact) mass is 540 g/mol. The van der Waals surface area contributed by atoms with E-state index in [4.69, 9.17) is 9.15 Å². The van der Waals surface area contributed by atoms with Crippen LogP contribution in [0.2, 0.25) is 0 Å². The largest absolute Gasteiger partial charge is 0.472 e. The fourth-order valence-corrected chi connectivity index (χ4v) is 4.46. The number of ether oxygens (including phenoxy) is 1. The van der Waals surface area contributed by atoms with Crippen LogP contribution < -0.4 is 5.32 Å². The van der Waals surface area contributed by atoms with E-state index in [-0.39, 0.29) is 42.3 Å². The summed E-state index contributed by atoms with van der Waals surface area (Å²) in [5.74, 6) is -0.609. The quantitative estimate of drug-likeness (QED) is 0.280. The van der Waals surface area contributed by atoms with E-state index in [1.54, 1.807) is 36.4 Å². The van der Waals surface area contributed by atoms with Gasteiger partial charge in [0.15, 0.2) is 6.73 Å². The zero-order valence-corrected chi connectivity index (χ0v) is 22.0. The highest BCUT2D eigenvalue weighted by molar-refractivity contribution is 6.11. The maximum atomic E-state index is 13.5. The summed E-state index contributed by atoms with van der Waals surface area (Å²) >= 11 is 0. The average Bonchev–Trinajstić information content (AvgIpc) is 3.35. The van der Waals surface area contributed by atoms with Crippen molar-refractivity contribution in [2.24, 2.45) is 0 Å². The summed E-state index contributed by atoms with van der Waals surface area (Å²) in [5.41, 5.74) is 4.12. The zero-order valence-electron chi connectivity index (χ0n) is 22.0. The van der Waals surface area contributed by atoms with E-state index in [9.17, 15) is 18.4 Å². The summed E-state index contributed by atoms with van der Waals surface area (Å²) in [6.07, 6.45) is 3.50. The van der Waals surface area contributed by atoms with E-state index in [2.05, 4.69) is 11.9 Å². The number of hydrogen-bond donors (Lipinski definition) is 1. The third-order valence-electron chi connectivity index (χ3n) is 6.69. The zero-order chi connectivity index (χ0) is 28.4. The Labute approximate surface area is 229 Å². The molecule has 1 fully saturated rings. The molecule has 1 N–H and O–H groups in total. The van der Waals surface area contributed by atoms with Crippen LogP contribution >= 0.6 is 0 Å². The van der Waals surface area contributed by atoms with Gasteiger partial charge < -0.3 is 19.4 Å². The summed E-state index contributed by atoms with van der Waals surface area (Å²) in [7, 11) is 1.54. The molecule has 8 heteroatoms. The van der Waals surface area contributed by atoms with Gasteiger partial charge in [-0.3, -0.25) is 9.59 Å². The predicted molar refractivity (Wildman–Crippen MR) is 149 cm³/mol. The number of hydrogen-bond acceptors (Lipinski definition) is 4. The topological polar surface area (TPSA) is 71.8 Å². The predicted octanol–water partition coefficient (Wildman–Crippen LogP) is 6.60. The first-order chi connectivity index (χ1) is 19.2. The van der Waals surface area contributed by atoms with Crippen molar-refractivity contribution in [1.29, 1.82) is 0 Å². The number of halogens is 2. The molecule has 0 radical (unpaired) electrons. The first-order valence-electron chi connectivity index (χ1n) is 12.5. The van der Waals surface area contributed by atoms with Gasteiger partial charge in [0, 0.05) is 24.5 Å². The second kappa shape index (κ2) is 11.0. The van der Waals surface area contributed by atoms with Crippen LogP contribution in [-0.2, 0) is 16.1 Å². The van der Waals surface area contributed by atoms with Gasteiger partial charge in [-0.15, -0.1) is 0 Å². The second-order valence-electron chi connectivity index (χ2n) is 9.37. The smallest absolute Gasteiger partial charge is 0.259 e. The van der Waals surface area contributed by atoms with E-state index in [1.807, 2.05) is 25.1 Å². The van der Waals surface area contributed by atoms with Gasteiger partial charge in [-0.1, -0.05) is 30.9 Å². The van der Waals surface area contributed by atoms with Crippen molar-refractivity contribution in [2.45, 2.75) is 13.5 Å². The van der Waals surface area contributed by atoms with Crippen LogP contribution in [0.5, 0.6) is 0 Å². The molecule has 6 nitrogen and oxygen atoms in total. The Balaban J connectivity index is 1.40. The van der Waals surface area contributed by atoms with Gasteiger partial charge in [0.1, 0.15) is 28.7 Å². The van der Waals surface area contributed by atoms with Crippen molar-refractivity contribution >= 4 is 28.4 Å². The van der Waals surface area contributed by atoms with Crippen LogP contribution in [0.4, 0.5) is 8.78 Å². The molecular formula is C32H26F2N2O4. The van der Waals surface area contributed by atoms with Gasteiger partial charge in [0.2, 0.25) is 0 Å². The third-order valence-corrected chi connectivity index (χ3v) is 6.69. The first kappa shape index (κ1) is 26.6. The number of fused-ring (bicyclic) bond motifs is 1. The molecule has 2 heterocycles. The Morgan fingerprint density at radius 3 is 2.40 bits per heavy atom. The van der Waals surface area contributed by atoms with E-state index in [0.717, 1.165) is 16.7 Å². The lowest BCUT2D eigenvalue weighted by Crippen LogP contribution is -2.38. The number of benzene rings is 3. The summed E-state index contributed by atoms with van der Waals surface area (Å²) < 4.78 is 38.5. The molecule has 0 aliphatic carbocycles. The molecule has 1 aliphatic rings. The molecule has 3 aromatic carbocycles. The Morgan fingerprint density at radius 2 is 1.73 bits per heavy atom. The summed E-state index contributed by atoms with van der Waals surface area (Å²) in [5, 5.41) is 3.26. The van der Waals surface area contributed by atoms with Crippen LogP contribution in [-0.4, -0.2) is 30.5 Å². The minimum absolute atomic E-state index is 0.0383. The van der Waals surface area contributed by atoms with Gasteiger partial charge in [-0.2, -0.15) is 0 Å². The van der Waals surface area contributed by atoms with E-state index in [1.165, 1.54) is 36.2 Å². The maximum absolute atomic E-state index is 13.5. The molecule has 2 amide bonds. The second-order valence-corrected chi connectivity index (χ2v) is 9.37. The third kappa shape index (κ3) is 5.29. The number of amides is 2. The lowest BCUT2D eigenvalue weighted by molar-refractivity contribution is -0.135. The van der Waals surface area contributed by atoms with Gasteiger partial charge >= 0.3 is 0 Å². The minimum atomic E-state index is -0.384. The number of carbonyl (C=O) groups excluding carboxylic acids is 2. The molecule has 1 aromatic heterocycles. The molecule has 1 aliphatic heterocycles. The average molecular weight is 541 g/mol. The lowest BCUT2D eigenvalue weighted by Gasteiger charge is -2.30. The first-order valence-corrected chi connectivity index (χ1v) is 12.5. The Kier molecular flexibility index (Phi) is 7.33. The van der Waals surface area contributed by atoms with E-state index in [0.29, 0.717) is 33.6 Å². The number of rotatable bonds is 6. The Morgan fingerprint density at radius 1 is 1.05 bits per heavy atom. The van der Waals surface area contributed by atoms with E-state index < -0.39 is 0 Å². The Hall–Kier alpha value is -4.98. The number of nitrogens with zero attached hydrogens (tertiary/aromatic N) is 1. The van der Waals surface area contributed by atoms with Gasteiger partial charge in [-0.05, 0) is 78.2 Å². The van der Waals surface area contributed by atoms with Crippen LogP contribution in [0.3, 0.4) is 0 Å². The molecule has 1 saturated heterocycles. The number of carbonyl (C=O) groups is 2. The van der Waals surface area contributed by atoms with Crippen LogP contribution in [0.25, 0.3) is 27.9 Å². The SMILES string of the molecule is C=C1C(=O)N(Cc2ccc(F)cc2)CO/C1=C/C=C(\C)c1ccc2oc(-c3ccc(F)cc3)c(C(=O)NC)c2c1. The number of furan rings is 1. The molecule has 202 valence electrons. The molecule has 0 bridgehead atoms. The molecular weight excluding hydrogens is 514 g/mol. The van der Waals surface area contributed by atoms with Crippen LogP contribution in [0, 0.1) is 11.6 Å². The molecule has 0 unspecified atom stereocenters. The molecule has 0 saturated carbocycles. The number of allylic oxidation sites excluding steroid dienone is 3. The van der Waals surface area contributed by atoms with Crippen molar-refractivity contribution in [3.05, 3.63) is 125 Å². The van der Waals surface area contributed by atoms with Crippen molar-refractivity contribution in [3.8, 4) is 11.3 Å². The minimum Gasteiger partial charge on any atom is -0.472 e. The van der Waals surface area contributed by atoms with Crippen LogP contribution in [0.15, 0.2) is 101 Å². The van der Waals surface area contributed by atoms with Crippen LogP contribution in [0.1, 0.15) is 28.4 Å². The molecule has 4 aromatic rings. The van der Waals surface area contributed by atoms with Gasteiger partial charge in [0.25, 0.3) is 11.8 Å². The standard InChI is InChI=1S/C32H26F2N2O4/c1-19(4-14-27-20(2)32(38)36(18-39-27)17-21-5-10-24(33)11-6-21)23-9-15-28-26(16-23)29(31(37)35-3)30(40-28)22-7-12-25(34)13-8-22/h4-16H,2,17-18H2,1,3H3,(H,35,37)/b19-4+,27-14+. The highest BCUT2D eigenvalue weighted by Crippen LogP contribution is 2.35. The molecule has 0 spiro atoms.